The van der Waals surface area contributed by atoms with E-state index in [0.29, 0.717) is 10.7 Å². The highest BCUT2D eigenvalue weighted by molar-refractivity contribution is 7.99. The first-order chi connectivity index (χ1) is 12.6. The number of fused-ring (bicyclic) bond motifs is 1. The number of carbonyl (C=O) groups is 1. The summed E-state index contributed by atoms with van der Waals surface area (Å²) in [5.41, 5.74) is 3.10. The molecule has 136 valence electrons. The standard InChI is InChI=1S/C20H22N2O3S/c23-17(15-9-8-13-4-3-5-14(13)10-15)12-26-20-21-18(24)11-19(25)22(20)16-6-1-2-7-16/h8-11,16,24H,1-7,12H2. The van der Waals surface area contributed by atoms with Crippen LogP contribution in [0.1, 0.15) is 59.6 Å². The minimum Gasteiger partial charge on any atom is -0.493 e. The summed E-state index contributed by atoms with van der Waals surface area (Å²) >= 11 is 1.24. The Morgan fingerprint density at radius 2 is 1.92 bits per heavy atom. The fourth-order valence-electron chi connectivity index (χ4n) is 4.02. The van der Waals surface area contributed by atoms with Crippen LogP contribution in [0.25, 0.3) is 0 Å². The summed E-state index contributed by atoms with van der Waals surface area (Å²) in [7, 11) is 0. The van der Waals surface area contributed by atoms with E-state index < -0.39 is 0 Å². The van der Waals surface area contributed by atoms with Crippen LogP contribution in [0, 0.1) is 0 Å². The van der Waals surface area contributed by atoms with Crippen molar-refractivity contribution in [1.29, 1.82) is 0 Å². The summed E-state index contributed by atoms with van der Waals surface area (Å²) in [6.07, 6.45) is 7.37. The fourth-order valence-corrected chi connectivity index (χ4v) is 4.98. The van der Waals surface area contributed by atoms with Crippen LogP contribution in [-0.4, -0.2) is 26.2 Å². The molecule has 0 aliphatic heterocycles. The second kappa shape index (κ2) is 7.27. The van der Waals surface area contributed by atoms with E-state index in [0.717, 1.165) is 51.0 Å². The average molecular weight is 370 g/mol. The molecule has 0 radical (unpaired) electrons. The average Bonchev–Trinajstić information content (AvgIpc) is 3.29. The minimum absolute atomic E-state index is 0.0280. The summed E-state index contributed by atoms with van der Waals surface area (Å²) < 4.78 is 1.66. The molecule has 6 heteroatoms. The van der Waals surface area contributed by atoms with Crippen molar-refractivity contribution in [3.8, 4) is 5.88 Å². The zero-order valence-corrected chi connectivity index (χ0v) is 15.4. The van der Waals surface area contributed by atoms with Gasteiger partial charge in [0.05, 0.1) is 11.8 Å². The largest absolute Gasteiger partial charge is 0.493 e. The number of hydrogen-bond donors (Lipinski definition) is 1. The molecule has 1 N–H and O–H groups in total. The molecule has 1 saturated carbocycles. The van der Waals surface area contributed by atoms with Gasteiger partial charge in [0, 0.05) is 11.6 Å². The van der Waals surface area contributed by atoms with Gasteiger partial charge in [-0.15, -0.1) is 0 Å². The van der Waals surface area contributed by atoms with E-state index in [1.807, 2.05) is 12.1 Å². The minimum atomic E-state index is -0.281. The van der Waals surface area contributed by atoms with E-state index in [4.69, 9.17) is 0 Å². The summed E-state index contributed by atoms with van der Waals surface area (Å²) in [5, 5.41) is 10.2. The molecule has 2 aliphatic carbocycles. The number of aryl methyl sites for hydroxylation is 2. The summed E-state index contributed by atoms with van der Waals surface area (Å²) in [5.74, 6) is -0.0431. The lowest BCUT2D eigenvalue weighted by Crippen LogP contribution is -2.25. The molecule has 5 nitrogen and oxygen atoms in total. The van der Waals surface area contributed by atoms with Crippen molar-refractivity contribution >= 4 is 17.5 Å². The van der Waals surface area contributed by atoms with Crippen LogP contribution in [-0.2, 0) is 12.8 Å². The monoisotopic (exact) mass is 370 g/mol. The maximum absolute atomic E-state index is 12.6. The van der Waals surface area contributed by atoms with Crippen molar-refractivity contribution in [2.75, 3.05) is 5.75 Å². The lowest BCUT2D eigenvalue weighted by atomic mass is 10.0. The van der Waals surface area contributed by atoms with Crippen LogP contribution in [0.3, 0.4) is 0 Å². The van der Waals surface area contributed by atoms with Crippen LogP contribution in [0.15, 0.2) is 34.2 Å². The SMILES string of the molecule is O=C(CSc1nc(O)cc(=O)n1C1CCCC1)c1ccc2c(c1)CCC2. The van der Waals surface area contributed by atoms with Gasteiger partial charge in [-0.25, -0.2) is 0 Å². The van der Waals surface area contributed by atoms with Crippen molar-refractivity contribution in [2.24, 2.45) is 0 Å². The molecule has 26 heavy (non-hydrogen) atoms. The number of ketones is 1. The lowest BCUT2D eigenvalue weighted by Gasteiger charge is -2.17. The highest BCUT2D eigenvalue weighted by Gasteiger charge is 2.23. The van der Waals surface area contributed by atoms with Crippen molar-refractivity contribution in [3.05, 3.63) is 51.3 Å². The quantitative estimate of drug-likeness (QED) is 0.495. The second-order valence-electron chi connectivity index (χ2n) is 7.09. The van der Waals surface area contributed by atoms with E-state index in [9.17, 15) is 14.7 Å². The lowest BCUT2D eigenvalue weighted by molar-refractivity contribution is 0.102. The van der Waals surface area contributed by atoms with Crippen LogP contribution in [0.4, 0.5) is 0 Å². The van der Waals surface area contributed by atoms with Gasteiger partial charge in [0.15, 0.2) is 10.9 Å². The Morgan fingerprint density at radius 3 is 2.73 bits per heavy atom. The van der Waals surface area contributed by atoms with E-state index >= 15 is 0 Å². The Kier molecular flexibility index (Phi) is 4.85. The van der Waals surface area contributed by atoms with E-state index in [1.54, 1.807) is 4.57 Å². The Labute approximate surface area is 156 Å². The molecule has 2 aromatic rings. The summed E-state index contributed by atoms with van der Waals surface area (Å²) in [6.45, 7) is 0. The second-order valence-corrected chi connectivity index (χ2v) is 8.03. The van der Waals surface area contributed by atoms with Crippen molar-refractivity contribution in [1.82, 2.24) is 9.55 Å². The molecule has 0 unspecified atom stereocenters. The van der Waals surface area contributed by atoms with Gasteiger partial charge in [-0.1, -0.05) is 36.7 Å². The number of Topliss-reactive ketones (excluding diaryl/α,β-unsaturated/α-hetero) is 1. The Hall–Kier alpha value is -2.08. The first kappa shape index (κ1) is 17.3. The molecule has 1 aromatic heterocycles. The van der Waals surface area contributed by atoms with Gasteiger partial charge in [0.1, 0.15) is 0 Å². The molecular weight excluding hydrogens is 348 g/mol. The Bertz CT molecular complexity index is 900. The van der Waals surface area contributed by atoms with Gasteiger partial charge >= 0.3 is 0 Å². The Balaban J connectivity index is 1.54. The van der Waals surface area contributed by atoms with E-state index in [2.05, 4.69) is 11.1 Å². The number of benzene rings is 1. The molecule has 0 spiro atoms. The third-order valence-electron chi connectivity index (χ3n) is 5.35. The number of rotatable bonds is 5. The summed E-state index contributed by atoms with van der Waals surface area (Å²) in [4.78, 5) is 29.1. The topological polar surface area (TPSA) is 72.2 Å². The number of aromatic nitrogens is 2. The number of thioether (sulfide) groups is 1. The van der Waals surface area contributed by atoms with Crippen molar-refractivity contribution < 1.29 is 9.90 Å². The molecule has 0 atom stereocenters. The normalized spacial score (nSPS) is 16.8. The molecule has 1 heterocycles. The summed E-state index contributed by atoms with van der Waals surface area (Å²) in [6, 6.07) is 7.23. The van der Waals surface area contributed by atoms with Gasteiger partial charge < -0.3 is 5.11 Å². The number of hydrogen-bond acceptors (Lipinski definition) is 5. The molecule has 1 fully saturated rings. The third kappa shape index (κ3) is 3.43. The van der Waals surface area contributed by atoms with Gasteiger partial charge in [-0.3, -0.25) is 14.2 Å². The van der Waals surface area contributed by atoms with Crippen LogP contribution >= 0.6 is 11.8 Å². The highest BCUT2D eigenvalue weighted by atomic mass is 32.2. The molecule has 0 amide bonds. The third-order valence-corrected chi connectivity index (χ3v) is 6.30. The predicted octanol–water partition coefficient (Wildman–Crippen LogP) is 3.53. The van der Waals surface area contributed by atoms with Crippen molar-refractivity contribution in [2.45, 2.75) is 56.1 Å². The molecule has 2 aliphatic rings. The maximum Gasteiger partial charge on any atom is 0.258 e. The van der Waals surface area contributed by atoms with Crippen molar-refractivity contribution in [3.63, 3.8) is 0 Å². The fraction of sp³-hybridized carbons (Fsp3) is 0.450. The smallest absolute Gasteiger partial charge is 0.258 e. The first-order valence-electron chi connectivity index (χ1n) is 9.22. The molecule has 0 bridgehead atoms. The van der Waals surface area contributed by atoms with Crippen LogP contribution in [0.5, 0.6) is 5.88 Å². The maximum atomic E-state index is 12.6. The number of carbonyl (C=O) groups excluding carboxylic acids is 1. The van der Waals surface area contributed by atoms with Crippen LogP contribution < -0.4 is 5.56 Å². The molecular formula is C20H22N2O3S. The van der Waals surface area contributed by atoms with Gasteiger partial charge in [0.25, 0.3) is 5.56 Å². The van der Waals surface area contributed by atoms with E-state index in [-0.39, 0.29) is 29.0 Å². The first-order valence-corrected chi connectivity index (χ1v) is 10.2. The Morgan fingerprint density at radius 1 is 1.15 bits per heavy atom. The number of nitrogens with zero attached hydrogens (tertiary/aromatic N) is 2. The zero-order chi connectivity index (χ0) is 18.1. The predicted molar refractivity (Wildman–Crippen MR) is 101 cm³/mol. The van der Waals surface area contributed by atoms with Gasteiger partial charge in [0.2, 0.25) is 5.88 Å². The molecule has 1 aromatic carbocycles. The van der Waals surface area contributed by atoms with Gasteiger partial charge in [-0.2, -0.15) is 4.98 Å². The molecule has 4 rings (SSSR count). The van der Waals surface area contributed by atoms with Crippen LogP contribution in [0.2, 0.25) is 0 Å². The van der Waals surface area contributed by atoms with Gasteiger partial charge in [-0.05, 0) is 49.3 Å². The number of aromatic hydroxyl groups is 1. The highest BCUT2D eigenvalue weighted by Crippen LogP contribution is 2.32. The zero-order valence-electron chi connectivity index (χ0n) is 14.6. The molecule has 0 saturated heterocycles. The van der Waals surface area contributed by atoms with E-state index in [1.165, 1.54) is 22.9 Å².